The lowest BCUT2D eigenvalue weighted by molar-refractivity contribution is -0.149. The number of carbonyl (C=O) groups is 2. The first kappa shape index (κ1) is 14.3. The van der Waals surface area contributed by atoms with Crippen molar-refractivity contribution in [1.82, 2.24) is 4.90 Å². The first-order valence-corrected chi connectivity index (χ1v) is 7.22. The van der Waals surface area contributed by atoms with E-state index in [-0.39, 0.29) is 11.8 Å². The summed E-state index contributed by atoms with van der Waals surface area (Å²) in [5.41, 5.74) is 0. The fourth-order valence-corrected chi connectivity index (χ4v) is 3.20. The average Bonchev–Trinajstić information content (AvgIpc) is 3.05. The van der Waals surface area contributed by atoms with Crippen LogP contribution in [0.15, 0.2) is 0 Å². The van der Waals surface area contributed by atoms with Gasteiger partial charge in [0.1, 0.15) is 0 Å². The Hall–Kier alpha value is -1.10. The lowest BCUT2D eigenvalue weighted by Gasteiger charge is -2.28. The van der Waals surface area contributed by atoms with Gasteiger partial charge >= 0.3 is 5.97 Å². The zero-order valence-corrected chi connectivity index (χ0v) is 11.5. The first-order valence-electron chi connectivity index (χ1n) is 7.22. The summed E-state index contributed by atoms with van der Waals surface area (Å²) in [7, 11) is 0. The number of ether oxygens (including phenoxy) is 1. The van der Waals surface area contributed by atoms with Crippen molar-refractivity contribution in [2.45, 2.75) is 32.6 Å². The van der Waals surface area contributed by atoms with Crippen LogP contribution in [0.5, 0.6) is 0 Å². The van der Waals surface area contributed by atoms with Gasteiger partial charge in [-0.05, 0) is 26.2 Å². The molecule has 1 aliphatic carbocycles. The molecule has 2 aliphatic rings. The number of amides is 1. The molecule has 0 aromatic carbocycles. The Labute approximate surface area is 113 Å². The van der Waals surface area contributed by atoms with Gasteiger partial charge in [-0.1, -0.05) is 6.42 Å². The smallest absolute Gasteiger partial charge is 0.307 e. The molecule has 2 fully saturated rings. The summed E-state index contributed by atoms with van der Waals surface area (Å²) in [6, 6.07) is 0. The molecule has 5 nitrogen and oxygen atoms in total. The van der Waals surface area contributed by atoms with E-state index >= 15 is 0 Å². The Morgan fingerprint density at radius 1 is 1.26 bits per heavy atom. The van der Waals surface area contributed by atoms with Gasteiger partial charge in [0.2, 0.25) is 5.91 Å². The molecule has 0 aromatic rings. The Kier molecular flexibility index (Phi) is 4.80. The predicted molar refractivity (Wildman–Crippen MR) is 69.6 cm³/mol. The van der Waals surface area contributed by atoms with Crippen molar-refractivity contribution in [3.8, 4) is 0 Å². The van der Waals surface area contributed by atoms with Gasteiger partial charge in [0.05, 0.1) is 18.4 Å². The average molecular weight is 269 g/mol. The maximum Gasteiger partial charge on any atom is 0.307 e. The zero-order valence-electron chi connectivity index (χ0n) is 11.5. The number of carboxylic acid groups (broad SMARTS) is 1. The maximum atomic E-state index is 12.5. The summed E-state index contributed by atoms with van der Waals surface area (Å²) in [5, 5.41) is 9.18. The van der Waals surface area contributed by atoms with E-state index in [2.05, 4.69) is 0 Å². The van der Waals surface area contributed by atoms with Gasteiger partial charge in [-0.3, -0.25) is 9.59 Å². The van der Waals surface area contributed by atoms with Gasteiger partial charge < -0.3 is 14.7 Å². The second-order valence-corrected chi connectivity index (χ2v) is 5.59. The fraction of sp³-hybridized carbons (Fsp3) is 0.857. The lowest BCUT2D eigenvalue weighted by Crippen LogP contribution is -2.41. The SMILES string of the molecule is CCN(CC1CCOC1)C(=O)[C@@H]1CCC[C@@H]1C(=O)O. The van der Waals surface area contributed by atoms with Crippen molar-refractivity contribution in [1.29, 1.82) is 0 Å². The van der Waals surface area contributed by atoms with Gasteiger partial charge in [0, 0.05) is 25.6 Å². The maximum absolute atomic E-state index is 12.5. The van der Waals surface area contributed by atoms with E-state index in [0.717, 1.165) is 26.1 Å². The first-order chi connectivity index (χ1) is 9.13. The normalized spacial score (nSPS) is 30.5. The standard InChI is InChI=1S/C14H23NO4/c1-2-15(8-10-6-7-19-9-10)13(16)11-4-3-5-12(11)14(17)18/h10-12H,2-9H2,1H3,(H,17,18)/t10?,11-,12+/m1/s1. The van der Waals surface area contributed by atoms with Crippen molar-refractivity contribution in [2.24, 2.45) is 17.8 Å². The van der Waals surface area contributed by atoms with Gasteiger partial charge in [-0.15, -0.1) is 0 Å². The van der Waals surface area contributed by atoms with E-state index in [1.807, 2.05) is 11.8 Å². The van der Waals surface area contributed by atoms with Gasteiger partial charge in [0.25, 0.3) is 0 Å². The quantitative estimate of drug-likeness (QED) is 0.818. The third-order valence-electron chi connectivity index (χ3n) is 4.35. The molecule has 0 aromatic heterocycles. The molecule has 3 atom stereocenters. The highest BCUT2D eigenvalue weighted by molar-refractivity contribution is 5.85. The van der Waals surface area contributed by atoms with Crippen LogP contribution in [0.1, 0.15) is 32.6 Å². The predicted octanol–water partition coefficient (Wildman–Crippen LogP) is 1.37. The minimum Gasteiger partial charge on any atom is -0.481 e. The second kappa shape index (κ2) is 6.37. The second-order valence-electron chi connectivity index (χ2n) is 5.59. The Bertz CT molecular complexity index is 338. The van der Waals surface area contributed by atoms with Crippen LogP contribution < -0.4 is 0 Å². The Morgan fingerprint density at radius 2 is 2.00 bits per heavy atom. The van der Waals surface area contributed by atoms with Crippen LogP contribution >= 0.6 is 0 Å². The molecule has 0 radical (unpaired) electrons. The molecular formula is C14H23NO4. The third-order valence-corrected chi connectivity index (χ3v) is 4.35. The number of hydrogen-bond acceptors (Lipinski definition) is 3. The number of aliphatic carboxylic acids is 1. The summed E-state index contributed by atoms with van der Waals surface area (Å²) in [6.45, 7) is 4.81. The van der Waals surface area contributed by atoms with E-state index in [4.69, 9.17) is 4.74 Å². The van der Waals surface area contributed by atoms with Crippen LogP contribution in [0.2, 0.25) is 0 Å². The summed E-state index contributed by atoms with van der Waals surface area (Å²) in [6.07, 6.45) is 3.19. The van der Waals surface area contributed by atoms with E-state index in [0.29, 0.717) is 31.8 Å². The molecule has 1 saturated heterocycles. The fourth-order valence-electron chi connectivity index (χ4n) is 3.20. The highest BCUT2D eigenvalue weighted by Crippen LogP contribution is 2.33. The minimum atomic E-state index is -0.823. The molecule has 5 heteroatoms. The molecule has 19 heavy (non-hydrogen) atoms. The lowest BCUT2D eigenvalue weighted by atomic mass is 9.94. The van der Waals surface area contributed by atoms with Crippen LogP contribution in [-0.4, -0.2) is 48.2 Å². The van der Waals surface area contributed by atoms with Crippen molar-refractivity contribution >= 4 is 11.9 Å². The molecular weight excluding hydrogens is 246 g/mol. The zero-order chi connectivity index (χ0) is 13.8. The molecule has 1 aliphatic heterocycles. The van der Waals surface area contributed by atoms with Crippen molar-refractivity contribution in [3.63, 3.8) is 0 Å². The highest BCUT2D eigenvalue weighted by Gasteiger charge is 2.39. The molecule has 0 bridgehead atoms. The molecule has 2 rings (SSSR count). The molecule has 1 amide bonds. The van der Waals surface area contributed by atoms with E-state index in [1.165, 1.54) is 0 Å². The van der Waals surface area contributed by atoms with E-state index < -0.39 is 11.9 Å². The third kappa shape index (κ3) is 3.26. The largest absolute Gasteiger partial charge is 0.481 e. The molecule has 1 saturated carbocycles. The van der Waals surface area contributed by atoms with E-state index in [1.54, 1.807) is 0 Å². The highest BCUT2D eigenvalue weighted by atomic mass is 16.5. The monoisotopic (exact) mass is 269 g/mol. The van der Waals surface area contributed by atoms with Crippen molar-refractivity contribution < 1.29 is 19.4 Å². The van der Waals surface area contributed by atoms with Crippen LogP contribution in [0.3, 0.4) is 0 Å². The van der Waals surface area contributed by atoms with Gasteiger partial charge in [0.15, 0.2) is 0 Å². The summed E-state index contributed by atoms with van der Waals surface area (Å²) in [5.74, 6) is -1.19. The van der Waals surface area contributed by atoms with Crippen LogP contribution in [0.4, 0.5) is 0 Å². The van der Waals surface area contributed by atoms with Crippen molar-refractivity contribution in [2.75, 3.05) is 26.3 Å². The van der Waals surface area contributed by atoms with Crippen LogP contribution in [-0.2, 0) is 14.3 Å². The molecule has 1 N–H and O–H groups in total. The summed E-state index contributed by atoms with van der Waals surface area (Å²) in [4.78, 5) is 25.5. The van der Waals surface area contributed by atoms with E-state index in [9.17, 15) is 14.7 Å². The number of carbonyl (C=O) groups excluding carboxylic acids is 1. The summed E-state index contributed by atoms with van der Waals surface area (Å²) >= 11 is 0. The topological polar surface area (TPSA) is 66.8 Å². The summed E-state index contributed by atoms with van der Waals surface area (Å²) < 4.78 is 5.33. The Morgan fingerprint density at radius 3 is 2.58 bits per heavy atom. The molecule has 1 unspecified atom stereocenters. The van der Waals surface area contributed by atoms with Crippen molar-refractivity contribution in [3.05, 3.63) is 0 Å². The molecule has 108 valence electrons. The number of hydrogen-bond donors (Lipinski definition) is 1. The molecule has 1 heterocycles. The van der Waals surface area contributed by atoms with Gasteiger partial charge in [-0.2, -0.15) is 0 Å². The minimum absolute atomic E-state index is 0.0271. The number of rotatable bonds is 5. The van der Waals surface area contributed by atoms with Gasteiger partial charge in [-0.25, -0.2) is 0 Å². The van der Waals surface area contributed by atoms with Crippen LogP contribution in [0.25, 0.3) is 0 Å². The Balaban J connectivity index is 1.96. The number of nitrogens with zero attached hydrogens (tertiary/aromatic N) is 1. The number of carboxylic acids is 1. The molecule has 0 spiro atoms. The van der Waals surface area contributed by atoms with Crippen LogP contribution in [0, 0.1) is 17.8 Å².